The molecule has 2 heterocycles. The van der Waals surface area contributed by atoms with E-state index in [1.54, 1.807) is 24.3 Å². The van der Waals surface area contributed by atoms with Gasteiger partial charge in [0.25, 0.3) is 0 Å². The molecule has 1 aliphatic heterocycles. The number of amides is 1. The predicted octanol–water partition coefficient (Wildman–Crippen LogP) is 5.65. The molecule has 1 saturated heterocycles. The van der Waals surface area contributed by atoms with E-state index < -0.39 is 10.0 Å². The number of piperidine rings is 1. The first-order valence-corrected chi connectivity index (χ1v) is 13.9. The number of hydrogen-bond donors (Lipinski definition) is 1. The van der Waals surface area contributed by atoms with E-state index in [2.05, 4.69) is 35.0 Å². The van der Waals surface area contributed by atoms with Gasteiger partial charge in [0.2, 0.25) is 15.9 Å². The lowest BCUT2D eigenvalue weighted by atomic mass is 9.97. The van der Waals surface area contributed by atoms with Crippen LogP contribution in [0.5, 0.6) is 0 Å². The molecule has 8 heteroatoms. The second kappa shape index (κ2) is 9.64. The van der Waals surface area contributed by atoms with Gasteiger partial charge in [0.05, 0.1) is 5.75 Å². The van der Waals surface area contributed by atoms with Crippen LogP contribution < -0.4 is 5.32 Å². The molecule has 6 nitrogen and oxygen atoms in total. The number of nitrogens with one attached hydrogen (secondary N) is 1. The number of carbonyl (C=O) groups is 1. The third-order valence-electron chi connectivity index (χ3n) is 6.81. The number of aryl methyl sites for hydroxylation is 1. The van der Waals surface area contributed by atoms with E-state index in [4.69, 9.17) is 11.6 Å². The summed E-state index contributed by atoms with van der Waals surface area (Å²) in [4.78, 5) is 13.0. The van der Waals surface area contributed by atoms with Crippen molar-refractivity contribution >= 4 is 55.0 Å². The topological polar surface area (TPSA) is 71.4 Å². The second-order valence-corrected chi connectivity index (χ2v) is 11.4. The van der Waals surface area contributed by atoms with Crippen LogP contribution in [0, 0.1) is 5.92 Å². The van der Waals surface area contributed by atoms with Crippen molar-refractivity contribution in [2.75, 3.05) is 18.4 Å². The number of para-hydroxylation sites is 1. The van der Waals surface area contributed by atoms with Gasteiger partial charge in [-0.2, -0.15) is 0 Å². The average Bonchev–Trinajstić information content (AvgIpc) is 3.17. The van der Waals surface area contributed by atoms with Gasteiger partial charge >= 0.3 is 0 Å². The Morgan fingerprint density at radius 2 is 1.71 bits per heavy atom. The monoisotopic (exact) mass is 509 g/mol. The van der Waals surface area contributed by atoms with Crippen LogP contribution in [0.25, 0.3) is 21.8 Å². The van der Waals surface area contributed by atoms with E-state index >= 15 is 0 Å². The number of aromatic nitrogens is 1. The Balaban J connectivity index is 1.26. The summed E-state index contributed by atoms with van der Waals surface area (Å²) in [5.74, 6) is -0.369. The molecule has 0 bridgehead atoms. The zero-order valence-corrected chi connectivity index (χ0v) is 21.1. The van der Waals surface area contributed by atoms with Crippen LogP contribution in [0.1, 0.15) is 25.3 Å². The number of sulfonamides is 1. The van der Waals surface area contributed by atoms with Gasteiger partial charge in [0.1, 0.15) is 0 Å². The smallest absolute Gasteiger partial charge is 0.227 e. The average molecular weight is 510 g/mol. The van der Waals surface area contributed by atoms with Crippen LogP contribution in [-0.2, 0) is 27.1 Å². The van der Waals surface area contributed by atoms with Crippen LogP contribution >= 0.6 is 11.6 Å². The molecule has 5 rings (SSSR count). The summed E-state index contributed by atoms with van der Waals surface area (Å²) < 4.78 is 29.5. The Labute approximate surface area is 210 Å². The van der Waals surface area contributed by atoms with Gasteiger partial charge in [0, 0.05) is 58.1 Å². The molecule has 1 fully saturated rings. The molecule has 1 N–H and O–H groups in total. The minimum absolute atomic E-state index is 0.0598. The van der Waals surface area contributed by atoms with Gasteiger partial charge < -0.3 is 9.88 Å². The van der Waals surface area contributed by atoms with Crippen molar-refractivity contribution in [1.82, 2.24) is 8.87 Å². The molecule has 0 saturated carbocycles. The fraction of sp³-hybridized carbons (Fsp3) is 0.296. The third kappa shape index (κ3) is 4.81. The maximum Gasteiger partial charge on any atom is 0.227 e. The van der Waals surface area contributed by atoms with Crippen LogP contribution in [0.2, 0.25) is 5.02 Å². The Kier molecular flexibility index (Phi) is 6.57. The number of fused-ring (bicyclic) bond motifs is 3. The molecule has 182 valence electrons. The third-order valence-corrected chi connectivity index (χ3v) is 8.90. The molecule has 4 aromatic rings. The van der Waals surface area contributed by atoms with Gasteiger partial charge in [-0.3, -0.25) is 4.79 Å². The van der Waals surface area contributed by atoms with Gasteiger partial charge in [-0.05, 0) is 61.7 Å². The van der Waals surface area contributed by atoms with Crippen molar-refractivity contribution in [2.45, 2.75) is 32.1 Å². The molecule has 1 amide bonds. The molecular weight excluding hydrogens is 482 g/mol. The molecule has 1 aliphatic rings. The SMILES string of the molecule is CCn1c2ccccc2c2cc(NC(=O)C3CCN(S(=O)(=O)Cc4cccc(Cl)c4)CC3)ccc21. The second-order valence-electron chi connectivity index (χ2n) is 9.04. The lowest BCUT2D eigenvalue weighted by Gasteiger charge is -2.30. The zero-order chi connectivity index (χ0) is 24.6. The zero-order valence-electron chi connectivity index (χ0n) is 19.6. The standard InChI is InChI=1S/C27H28ClN3O3S/c1-2-31-25-9-4-3-8-23(25)24-17-22(10-11-26(24)31)29-27(32)20-12-14-30(15-13-20)35(33,34)18-19-6-5-7-21(28)16-19/h3-11,16-17,20H,2,12-15,18H2,1H3,(H,29,32). The highest BCUT2D eigenvalue weighted by Gasteiger charge is 2.31. The minimum Gasteiger partial charge on any atom is -0.341 e. The summed E-state index contributed by atoms with van der Waals surface area (Å²) in [5, 5.41) is 5.86. The first kappa shape index (κ1) is 23.9. The van der Waals surface area contributed by atoms with Gasteiger partial charge in [0.15, 0.2) is 0 Å². The Hall–Kier alpha value is -2.87. The number of hydrogen-bond acceptors (Lipinski definition) is 3. The predicted molar refractivity (Wildman–Crippen MR) is 142 cm³/mol. The molecule has 35 heavy (non-hydrogen) atoms. The number of carbonyl (C=O) groups excluding carboxylic acids is 1. The van der Waals surface area contributed by atoms with Crippen LogP contribution in [0.15, 0.2) is 66.7 Å². The summed E-state index contributed by atoms with van der Waals surface area (Å²) in [6, 6.07) is 21.2. The highest BCUT2D eigenvalue weighted by Crippen LogP contribution is 2.31. The van der Waals surface area contributed by atoms with Crippen LogP contribution in [0.4, 0.5) is 5.69 Å². The number of anilines is 1. The molecule has 0 radical (unpaired) electrons. The summed E-state index contributed by atoms with van der Waals surface area (Å²) >= 11 is 6.00. The van der Waals surface area contributed by atoms with Crippen molar-refractivity contribution in [2.24, 2.45) is 5.92 Å². The molecular formula is C27H28ClN3O3S. The van der Waals surface area contributed by atoms with Gasteiger partial charge in [-0.25, -0.2) is 12.7 Å². The molecule has 3 aromatic carbocycles. The molecule has 0 aliphatic carbocycles. The summed E-state index contributed by atoms with van der Waals surface area (Å²) in [7, 11) is -3.47. The maximum absolute atomic E-state index is 13.0. The first-order valence-electron chi connectivity index (χ1n) is 11.9. The first-order chi connectivity index (χ1) is 16.9. The highest BCUT2D eigenvalue weighted by atomic mass is 35.5. The van der Waals surface area contributed by atoms with E-state index in [1.165, 1.54) is 15.2 Å². The molecule has 0 unspecified atom stereocenters. The van der Waals surface area contributed by atoms with Gasteiger partial charge in [-0.1, -0.05) is 41.9 Å². The fourth-order valence-electron chi connectivity index (χ4n) is 5.04. The molecule has 0 spiro atoms. The fourth-order valence-corrected chi connectivity index (χ4v) is 6.80. The summed E-state index contributed by atoms with van der Waals surface area (Å²) in [6.45, 7) is 3.67. The summed E-state index contributed by atoms with van der Waals surface area (Å²) in [6.07, 6.45) is 0.996. The van der Waals surface area contributed by atoms with E-state index in [-0.39, 0.29) is 17.6 Å². The summed E-state index contributed by atoms with van der Waals surface area (Å²) in [5.41, 5.74) is 3.75. The van der Waals surface area contributed by atoms with E-state index in [1.807, 2.05) is 24.3 Å². The Morgan fingerprint density at radius 1 is 0.971 bits per heavy atom. The quantitative estimate of drug-likeness (QED) is 0.365. The van der Waals surface area contributed by atoms with E-state index in [0.29, 0.717) is 36.5 Å². The number of benzene rings is 3. The van der Waals surface area contributed by atoms with Crippen molar-refractivity contribution in [3.05, 3.63) is 77.3 Å². The largest absolute Gasteiger partial charge is 0.341 e. The normalized spacial score (nSPS) is 15.6. The van der Waals surface area contributed by atoms with Crippen LogP contribution in [-0.4, -0.2) is 36.3 Å². The number of halogens is 1. The van der Waals surface area contributed by atoms with E-state index in [9.17, 15) is 13.2 Å². The van der Waals surface area contributed by atoms with Crippen molar-refractivity contribution < 1.29 is 13.2 Å². The van der Waals surface area contributed by atoms with Gasteiger partial charge in [-0.15, -0.1) is 0 Å². The number of rotatable bonds is 6. The van der Waals surface area contributed by atoms with Crippen molar-refractivity contribution in [1.29, 1.82) is 0 Å². The molecule has 0 atom stereocenters. The maximum atomic E-state index is 13.0. The minimum atomic E-state index is -3.47. The molecule has 1 aromatic heterocycles. The highest BCUT2D eigenvalue weighted by molar-refractivity contribution is 7.88. The van der Waals surface area contributed by atoms with Crippen molar-refractivity contribution in [3.63, 3.8) is 0 Å². The van der Waals surface area contributed by atoms with E-state index in [0.717, 1.165) is 23.1 Å². The lowest BCUT2D eigenvalue weighted by Crippen LogP contribution is -2.41. The Bertz CT molecular complexity index is 1500. The van der Waals surface area contributed by atoms with Crippen molar-refractivity contribution in [3.8, 4) is 0 Å². The number of nitrogens with zero attached hydrogens (tertiary/aromatic N) is 2. The van der Waals surface area contributed by atoms with Crippen LogP contribution in [0.3, 0.4) is 0 Å². The Morgan fingerprint density at radius 3 is 2.46 bits per heavy atom. The lowest BCUT2D eigenvalue weighted by molar-refractivity contribution is -0.120.